The molecule has 0 radical (unpaired) electrons. The zero-order chi connectivity index (χ0) is 13.2. The van der Waals surface area contributed by atoms with E-state index >= 15 is 0 Å². The summed E-state index contributed by atoms with van der Waals surface area (Å²) in [5.41, 5.74) is 1.83. The zero-order valence-electron chi connectivity index (χ0n) is 10.4. The number of pyridine rings is 1. The molecule has 3 heterocycles. The van der Waals surface area contributed by atoms with Crippen molar-refractivity contribution in [3.8, 4) is 10.6 Å². The standard InChI is InChI=1S/C14H13N3OS/c1-9-2-3-11(13(18)16-9)12-8-19-14(17-12)10-4-6-15-7-5-10/h2-9,11H,1H3,(H,16,18). The van der Waals surface area contributed by atoms with Gasteiger partial charge in [-0.05, 0) is 19.1 Å². The number of carbonyl (C=O) groups excluding carboxylic acids is 1. The molecule has 2 aromatic heterocycles. The van der Waals surface area contributed by atoms with Gasteiger partial charge >= 0.3 is 0 Å². The van der Waals surface area contributed by atoms with Crippen LogP contribution in [-0.2, 0) is 4.79 Å². The molecule has 2 unspecified atom stereocenters. The highest BCUT2D eigenvalue weighted by Gasteiger charge is 2.24. The third-order valence-corrected chi connectivity index (χ3v) is 3.92. The first-order valence-electron chi connectivity index (χ1n) is 6.08. The number of rotatable bonds is 2. The highest BCUT2D eigenvalue weighted by Crippen LogP contribution is 2.28. The number of hydrogen-bond donors (Lipinski definition) is 1. The van der Waals surface area contributed by atoms with Crippen molar-refractivity contribution < 1.29 is 4.79 Å². The lowest BCUT2D eigenvalue weighted by Crippen LogP contribution is -2.38. The van der Waals surface area contributed by atoms with Crippen molar-refractivity contribution in [1.82, 2.24) is 15.3 Å². The molecule has 1 amide bonds. The van der Waals surface area contributed by atoms with Crippen molar-refractivity contribution in [3.63, 3.8) is 0 Å². The maximum absolute atomic E-state index is 11.9. The number of nitrogens with one attached hydrogen (secondary N) is 1. The Hall–Kier alpha value is -2.01. The predicted molar refractivity (Wildman–Crippen MR) is 74.8 cm³/mol. The molecule has 4 nitrogen and oxygen atoms in total. The van der Waals surface area contributed by atoms with Crippen LogP contribution in [0.3, 0.4) is 0 Å². The van der Waals surface area contributed by atoms with Gasteiger partial charge in [0.1, 0.15) is 5.01 Å². The maximum atomic E-state index is 11.9. The van der Waals surface area contributed by atoms with Gasteiger partial charge in [0, 0.05) is 29.4 Å². The van der Waals surface area contributed by atoms with Crippen LogP contribution in [0, 0.1) is 0 Å². The Morgan fingerprint density at radius 2 is 2.05 bits per heavy atom. The molecule has 0 aromatic carbocycles. The second kappa shape index (κ2) is 4.93. The van der Waals surface area contributed by atoms with E-state index < -0.39 is 0 Å². The molecule has 0 saturated carbocycles. The van der Waals surface area contributed by atoms with Crippen LogP contribution >= 0.6 is 11.3 Å². The minimum absolute atomic E-state index is 0.0154. The second-order valence-electron chi connectivity index (χ2n) is 4.47. The van der Waals surface area contributed by atoms with Gasteiger partial charge < -0.3 is 5.32 Å². The van der Waals surface area contributed by atoms with Gasteiger partial charge in [0.25, 0.3) is 0 Å². The summed E-state index contributed by atoms with van der Waals surface area (Å²) in [6, 6.07) is 3.94. The van der Waals surface area contributed by atoms with Crippen LogP contribution in [0.25, 0.3) is 10.6 Å². The number of thiazole rings is 1. The topological polar surface area (TPSA) is 54.9 Å². The van der Waals surface area contributed by atoms with E-state index in [0.717, 1.165) is 16.3 Å². The van der Waals surface area contributed by atoms with Gasteiger partial charge in [-0.1, -0.05) is 12.2 Å². The van der Waals surface area contributed by atoms with Crippen LogP contribution in [0.2, 0.25) is 0 Å². The summed E-state index contributed by atoms with van der Waals surface area (Å²) in [5, 5.41) is 5.76. The quantitative estimate of drug-likeness (QED) is 0.853. The van der Waals surface area contributed by atoms with E-state index in [4.69, 9.17) is 0 Å². The minimum atomic E-state index is -0.275. The van der Waals surface area contributed by atoms with E-state index in [1.165, 1.54) is 0 Å². The molecule has 96 valence electrons. The van der Waals surface area contributed by atoms with E-state index in [1.807, 2.05) is 36.6 Å². The lowest BCUT2D eigenvalue weighted by Gasteiger charge is -2.19. The summed E-state index contributed by atoms with van der Waals surface area (Å²) >= 11 is 1.55. The molecule has 0 saturated heterocycles. The van der Waals surface area contributed by atoms with Crippen LogP contribution in [0.15, 0.2) is 42.1 Å². The molecule has 3 rings (SSSR count). The fraction of sp³-hybridized carbons (Fsp3) is 0.214. The molecule has 0 aliphatic carbocycles. The Morgan fingerprint density at radius 1 is 1.26 bits per heavy atom. The molecule has 0 spiro atoms. The summed E-state index contributed by atoms with van der Waals surface area (Å²) in [5.74, 6) is -0.260. The monoisotopic (exact) mass is 271 g/mol. The second-order valence-corrected chi connectivity index (χ2v) is 5.33. The lowest BCUT2D eigenvalue weighted by molar-refractivity contribution is -0.122. The van der Waals surface area contributed by atoms with Crippen LogP contribution in [0.4, 0.5) is 0 Å². The van der Waals surface area contributed by atoms with Gasteiger partial charge in [-0.15, -0.1) is 11.3 Å². The van der Waals surface area contributed by atoms with Crippen molar-refractivity contribution in [2.75, 3.05) is 0 Å². The summed E-state index contributed by atoms with van der Waals surface area (Å²) in [4.78, 5) is 20.5. The Bertz CT molecular complexity index is 621. The van der Waals surface area contributed by atoms with E-state index in [1.54, 1.807) is 23.7 Å². The Labute approximate surface area is 115 Å². The summed E-state index contributed by atoms with van der Waals surface area (Å²) in [6.45, 7) is 1.95. The van der Waals surface area contributed by atoms with Gasteiger partial charge in [-0.3, -0.25) is 9.78 Å². The summed E-state index contributed by atoms with van der Waals surface area (Å²) < 4.78 is 0. The largest absolute Gasteiger partial charge is 0.349 e. The fourth-order valence-corrected chi connectivity index (χ4v) is 2.88. The van der Waals surface area contributed by atoms with Crippen LogP contribution in [-0.4, -0.2) is 21.9 Å². The van der Waals surface area contributed by atoms with Gasteiger partial charge in [-0.25, -0.2) is 4.98 Å². The number of nitrogens with zero attached hydrogens (tertiary/aromatic N) is 2. The molecule has 2 aromatic rings. The predicted octanol–water partition coefficient (Wildman–Crippen LogP) is 2.36. The average molecular weight is 271 g/mol. The van der Waals surface area contributed by atoms with Gasteiger partial charge in [0.05, 0.1) is 11.6 Å². The van der Waals surface area contributed by atoms with Crippen molar-refractivity contribution >= 4 is 17.2 Å². The highest BCUT2D eigenvalue weighted by atomic mass is 32.1. The molecule has 1 aliphatic heterocycles. The first-order chi connectivity index (χ1) is 9.24. The third kappa shape index (κ3) is 2.42. The van der Waals surface area contributed by atoms with E-state index in [-0.39, 0.29) is 17.9 Å². The molecular weight excluding hydrogens is 258 g/mol. The smallest absolute Gasteiger partial charge is 0.233 e. The Morgan fingerprint density at radius 3 is 2.79 bits per heavy atom. The molecule has 0 fully saturated rings. The van der Waals surface area contributed by atoms with Gasteiger partial charge in [-0.2, -0.15) is 0 Å². The normalized spacial score (nSPS) is 22.3. The van der Waals surface area contributed by atoms with Crippen LogP contribution in [0.5, 0.6) is 0 Å². The Kier molecular flexibility index (Phi) is 3.13. The maximum Gasteiger partial charge on any atom is 0.233 e. The van der Waals surface area contributed by atoms with Crippen molar-refractivity contribution in [3.05, 3.63) is 47.8 Å². The Balaban J connectivity index is 1.90. The molecule has 2 atom stereocenters. The highest BCUT2D eigenvalue weighted by molar-refractivity contribution is 7.13. The fourth-order valence-electron chi connectivity index (χ4n) is 2.02. The van der Waals surface area contributed by atoms with Gasteiger partial charge in [0.2, 0.25) is 5.91 Å². The first-order valence-corrected chi connectivity index (χ1v) is 6.96. The number of carbonyl (C=O) groups is 1. The van der Waals surface area contributed by atoms with Crippen LogP contribution in [0.1, 0.15) is 18.5 Å². The zero-order valence-corrected chi connectivity index (χ0v) is 11.2. The third-order valence-electron chi connectivity index (χ3n) is 3.01. The summed E-state index contributed by atoms with van der Waals surface area (Å²) in [7, 11) is 0. The SMILES string of the molecule is CC1C=CC(c2csc(-c3ccncc3)n2)C(=O)N1. The van der Waals surface area contributed by atoms with Crippen molar-refractivity contribution in [1.29, 1.82) is 0 Å². The van der Waals surface area contributed by atoms with Gasteiger partial charge in [0.15, 0.2) is 0 Å². The van der Waals surface area contributed by atoms with E-state index in [9.17, 15) is 4.79 Å². The molecule has 1 N–H and O–H groups in total. The van der Waals surface area contributed by atoms with E-state index in [0.29, 0.717) is 0 Å². The van der Waals surface area contributed by atoms with Crippen molar-refractivity contribution in [2.45, 2.75) is 18.9 Å². The summed E-state index contributed by atoms with van der Waals surface area (Å²) in [6.07, 6.45) is 7.41. The van der Waals surface area contributed by atoms with Crippen molar-refractivity contribution in [2.24, 2.45) is 0 Å². The first kappa shape index (κ1) is 12.0. The average Bonchev–Trinajstić information content (AvgIpc) is 2.89. The minimum Gasteiger partial charge on any atom is -0.349 e. The molecule has 5 heteroatoms. The number of hydrogen-bond acceptors (Lipinski definition) is 4. The molecule has 1 aliphatic rings. The number of amides is 1. The molecule has 0 bridgehead atoms. The lowest BCUT2D eigenvalue weighted by atomic mass is 10.00. The molecular formula is C14H13N3OS. The molecule has 19 heavy (non-hydrogen) atoms. The number of aromatic nitrogens is 2. The van der Waals surface area contributed by atoms with Crippen LogP contribution < -0.4 is 5.32 Å². The van der Waals surface area contributed by atoms with E-state index in [2.05, 4.69) is 15.3 Å².